The fourth-order valence-corrected chi connectivity index (χ4v) is 3.57. The summed E-state index contributed by atoms with van der Waals surface area (Å²) < 4.78 is 47.7. The van der Waals surface area contributed by atoms with Gasteiger partial charge >= 0.3 is 6.18 Å². The van der Waals surface area contributed by atoms with Gasteiger partial charge in [0.05, 0.1) is 0 Å². The molecular weight excluding hydrogens is 429 g/mol. The van der Waals surface area contributed by atoms with Crippen molar-refractivity contribution in [1.29, 1.82) is 0 Å². The SMILES string of the molecule is FC(F)(F)COc1cccc(CNCCc2c[nH]c3cc(OCc4ccccc4)ccc23)c1. The highest BCUT2D eigenvalue weighted by Crippen LogP contribution is 2.24. The molecule has 0 aliphatic heterocycles. The largest absolute Gasteiger partial charge is 0.489 e. The van der Waals surface area contributed by atoms with E-state index in [0.29, 0.717) is 13.2 Å². The number of fused-ring (bicyclic) bond motifs is 1. The Morgan fingerprint density at radius 3 is 2.42 bits per heavy atom. The molecule has 0 saturated carbocycles. The molecule has 33 heavy (non-hydrogen) atoms. The molecule has 1 aromatic heterocycles. The van der Waals surface area contributed by atoms with Gasteiger partial charge < -0.3 is 19.8 Å². The van der Waals surface area contributed by atoms with Crippen molar-refractivity contribution in [3.8, 4) is 11.5 Å². The van der Waals surface area contributed by atoms with Crippen LogP contribution in [-0.2, 0) is 19.6 Å². The molecule has 0 unspecified atom stereocenters. The Morgan fingerprint density at radius 1 is 0.818 bits per heavy atom. The van der Waals surface area contributed by atoms with Crippen molar-refractivity contribution < 1.29 is 22.6 Å². The lowest BCUT2D eigenvalue weighted by atomic mass is 10.1. The Labute approximate surface area is 190 Å². The van der Waals surface area contributed by atoms with Gasteiger partial charge in [-0.05, 0) is 53.9 Å². The molecule has 4 nitrogen and oxygen atoms in total. The number of hydrogen-bond acceptors (Lipinski definition) is 3. The second-order valence-corrected chi connectivity index (χ2v) is 7.77. The average Bonchev–Trinajstić information content (AvgIpc) is 3.22. The van der Waals surface area contributed by atoms with Crippen LogP contribution in [0.25, 0.3) is 10.9 Å². The minimum Gasteiger partial charge on any atom is -0.489 e. The molecule has 4 rings (SSSR count). The van der Waals surface area contributed by atoms with E-state index in [-0.39, 0.29) is 5.75 Å². The summed E-state index contributed by atoms with van der Waals surface area (Å²) in [5.41, 5.74) is 4.20. The molecule has 7 heteroatoms. The van der Waals surface area contributed by atoms with E-state index in [1.165, 1.54) is 11.6 Å². The van der Waals surface area contributed by atoms with Crippen molar-refractivity contribution in [3.63, 3.8) is 0 Å². The molecule has 0 aliphatic rings. The van der Waals surface area contributed by atoms with Crippen LogP contribution in [0, 0.1) is 0 Å². The second-order valence-electron chi connectivity index (χ2n) is 7.77. The number of aromatic amines is 1. The van der Waals surface area contributed by atoms with Crippen LogP contribution in [-0.4, -0.2) is 24.3 Å². The first-order chi connectivity index (χ1) is 16.0. The van der Waals surface area contributed by atoms with Crippen LogP contribution in [0.2, 0.25) is 0 Å². The summed E-state index contributed by atoms with van der Waals surface area (Å²) >= 11 is 0. The quantitative estimate of drug-likeness (QED) is 0.288. The molecule has 1 heterocycles. The number of benzene rings is 3. The van der Waals surface area contributed by atoms with Gasteiger partial charge in [-0.2, -0.15) is 13.2 Å². The molecule has 0 amide bonds. The molecule has 0 radical (unpaired) electrons. The molecule has 0 bridgehead atoms. The summed E-state index contributed by atoms with van der Waals surface area (Å²) in [6.45, 7) is 0.506. The number of alkyl halides is 3. The van der Waals surface area contributed by atoms with Crippen molar-refractivity contribution in [2.45, 2.75) is 25.7 Å². The highest BCUT2D eigenvalue weighted by molar-refractivity contribution is 5.84. The zero-order valence-electron chi connectivity index (χ0n) is 18.0. The van der Waals surface area contributed by atoms with Gasteiger partial charge in [-0.3, -0.25) is 0 Å². The number of nitrogens with one attached hydrogen (secondary N) is 2. The smallest absolute Gasteiger partial charge is 0.422 e. The topological polar surface area (TPSA) is 46.3 Å². The maximum atomic E-state index is 12.3. The van der Waals surface area contributed by atoms with Crippen molar-refractivity contribution >= 4 is 10.9 Å². The summed E-state index contributed by atoms with van der Waals surface area (Å²) in [6.07, 6.45) is -1.53. The van der Waals surface area contributed by atoms with Gasteiger partial charge in [0.2, 0.25) is 0 Å². The van der Waals surface area contributed by atoms with Crippen LogP contribution in [0.15, 0.2) is 79.0 Å². The molecule has 0 spiro atoms. The number of aromatic nitrogens is 1. The van der Waals surface area contributed by atoms with E-state index in [0.717, 1.165) is 40.7 Å². The van der Waals surface area contributed by atoms with Gasteiger partial charge in [0.25, 0.3) is 0 Å². The Bertz CT molecular complexity index is 1170. The van der Waals surface area contributed by atoms with E-state index in [1.807, 2.05) is 54.7 Å². The lowest BCUT2D eigenvalue weighted by Gasteiger charge is -2.10. The molecule has 0 fully saturated rings. The summed E-state index contributed by atoms with van der Waals surface area (Å²) in [6, 6.07) is 22.8. The highest BCUT2D eigenvalue weighted by Gasteiger charge is 2.28. The van der Waals surface area contributed by atoms with Gasteiger partial charge in [0.1, 0.15) is 18.1 Å². The molecule has 0 saturated heterocycles. The van der Waals surface area contributed by atoms with Crippen LogP contribution < -0.4 is 14.8 Å². The van der Waals surface area contributed by atoms with Crippen molar-refractivity contribution in [2.75, 3.05) is 13.2 Å². The maximum absolute atomic E-state index is 12.3. The number of H-pyrrole nitrogens is 1. The van der Waals surface area contributed by atoms with Crippen molar-refractivity contribution in [1.82, 2.24) is 10.3 Å². The van der Waals surface area contributed by atoms with Gasteiger partial charge in [0, 0.05) is 29.7 Å². The predicted octanol–water partition coefficient (Wildman–Crippen LogP) is 6.02. The third-order valence-electron chi connectivity index (χ3n) is 5.19. The zero-order chi connectivity index (χ0) is 23.1. The number of ether oxygens (including phenoxy) is 2. The molecule has 4 aromatic rings. The van der Waals surface area contributed by atoms with E-state index in [1.54, 1.807) is 12.1 Å². The van der Waals surface area contributed by atoms with Gasteiger partial charge in [-0.15, -0.1) is 0 Å². The van der Waals surface area contributed by atoms with E-state index in [9.17, 15) is 13.2 Å². The normalized spacial score (nSPS) is 11.6. The standard InChI is InChI=1S/C26H25F3N2O2/c27-26(28,29)18-33-22-8-4-7-20(13-22)15-30-12-11-21-16-31-25-14-23(9-10-24(21)25)32-17-19-5-2-1-3-6-19/h1-10,13-14,16,30-31H,11-12,15,17-18H2. The van der Waals surface area contributed by atoms with Crippen molar-refractivity contribution in [2.24, 2.45) is 0 Å². The maximum Gasteiger partial charge on any atom is 0.422 e. The summed E-state index contributed by atoms with van der Waals surface area (Å²) in [4.78, 5) is 3.30. The van der Waals surface area contributed by atoms with Crippen LogP contribution >= 0.6 is 0 Å². The highest BCUT2D eigenvalue weighted by atomic mass is 19.4. The second kappa shape index (κ2) is 10.4. The fraction of sp³-hybridized carbons (Fsp3) is 0.231. The van der Waals surface area contributed by atoms with E-state index < -0.39 is 12.8 Å². The van der Waals surface area contributed by atoms with Crippen LogP contribution in [0.4, 0.5) is 13.2 Å². The van der Waals surface area contributed by atoms with E-state index in [4.69, 9.17) is 9.47 Å². The molecule has 3 aromatic carbocycles. The third kappa shape index (κ3) is 6.76. The van der Waals surface area contributed by atoms with Gasteiger partial charge in [-0.25, -0.2) is 0 Å². The average molecular weight is 454 g/mol. The predicted molar refractivity (Wildman–Crippen MR) is 122 cm³/mol. The molecule has 172 valence electrons. The summed E-state index contributed by atoms with van der Waals surface area (Å²) in [5, 5.41) is 4.48. The first kappa shape index (κ1) is 22.7. The van der Waals surface area contributed by atoms with Crippen molar-refractivity contribution in [3.05, 3.63) is 95.7 Å². The molecule has 0 atom stereocenters. The first-order valence-electron chi connectivity index (χ1n) is 10.7. The summed E-state index contributed by atoms with van der Waals surface area (Å²) in [5.74, 6) is 1.03. The fourth-order valence-electron chi connectivity index (χ4n) is 3.57. The number of hydrogen-bond donors (Lipinski definition) is 2. The molecule has 2 N–H and O–H groups in total. The lowest BCUT2D eigenvalue weighted by molar-refractivity contribution is -0.153. The third-order valence-corrected chi connectivity index (χ3v) is 5.19. The van der Waals surface area contributed by atoms with Gasteiger partial charge in [0.15, 0.2) is 6.61 Å². The molecular formula is C26H25F3N2O2. The number of rotatable bonds is 10. The lowest BCUT2D eigenvalue weighted by Crippen LogP contribution is -2.19. The Kier molecular flexibility index (Phi) is 7.19. The van der Waals surface area contributed by atoms with Crippen LogP contribution in [0.1, 0.15) is 16.7 Å². The monoisotopic (exact) mass is 454 g/mol. The van der Waals surface area contributed by atoms with Gasteiger partial charge in [-0.1, -0.05) is 42.5 Å². The Hall–Kier alpha value is -3.45. The molecule has 0 aliphatic carbocycles. The zero-order valence-corrected chi connectivity index (χ0v) is 18.0. The minimum atomic E-state index is -4.34. The van der Waals surface area contributed by atoms with E-state index in [2.05, 4.69) is 16.4 Å². The first-order valence-corrected chi connectivity index (χ1v) is 10.7. The summed E-state index contributed by atoms with van der Waals surface area (Å²) in [7, 11) is 0. The van der Waals surface area contributed by atoms with E-state index >= 15 is 0 Å². The van der Waals surface area contributed by atoms with Crippen LogP contribution in [0.5, 0.6) is 11.5 Å². The Morgan fingerprint density at radius 2 is 1.61 bits per heavy atom. The Balaban J connectivity index is 1.27. The minimum absolute atomic E-state index is 0.216. The van der Waals surface area contributed by atoms with Crippen LogP contribution in [0.3, 0.4) is 0 Å². The number of halogens is 3.